The van der Waals surface area contributed by atoms with Gasteiger partial charge in [-0.05, 0) is 57.4 Å². The molecular formula is C23H38FN5O. The number of morpholine rings is 1. The molecular weight excluding hydrogens is 381 g/mol. The Kier molecular flexibility index (Phi) is 9.21. The number of nitrogens with zero attached hydrogens (tertiary/aromatic N) is 3. The minimum atomic E-state index is -0.182. The Hall–Kier alpha value is -1.86. The van der Waals surface area contributed by atoms with E-state index in [0.29, 0.717) is 31.5 Å². The van der Waals surface area contributed by atoms with Crippen LogP contribution < -0.4 is 15.5 Å². The van der Waals surface area contributed by atoms with Crippen LogP contribution in [-0.2, 0) is 11.3 Å². The van der Waals surface area contributed by atoms with Crippen LogP contribution in [0.1, 0.15) is 45.1 Å². The van der Waals surface area contributed by atoms with Crippen LogP contribution >= 0.6 is 0 Å². The van der Waals surface area contributed by atoms with Gasteiger partial charge < -0.3 is 25.2 Å². The monoisotopic (exact) mass is 419 g/mol. The Balaban J connectivity index is 1.48. The Bertz CT molecular complexity index is 678. The lowest BCUT2D eigenvalue weighted by atomic mass is 10.0. The molecule has 0 amide bonds. The number of piperidine rings is 1. The van der Waals surface area contributed by atoms with Crippen molar-refractivity contribution in [3.63, 3.8) is 0 Å². The fourth-order valence-corrected chi connectivity index (χ4v) is 4.20. The fourth-order valence-electron chi connectivity index (χ4n) is 4.20. The summed E-state index contributed by atoms with van der Waals surface area (Å²) in [6.45, 7) is 11.7. The molecule has 0 spiro atoms. The zero-order valence-electron chi connectivity index (χ0n) is 18.6. The number of ether oxygens (including phenoxy) is 1. The van der Waals surface area contributed by atoms with Gasteiger partial charge in [0.2, 0.25) is 0 Å². The van der Waals surface area contributed by atoms with E-state index in [-0.39, 0.29) is 5.82 Å². The molecule has 0 radical (unpaired) electrons. The molecule has 0 aliphatic carbocycles. The van der Waals surface area contributed by atoms with Gasteiger partial charge in [-0.3, -0.25) is 0 Å². The van der Waals surface area contributed by atoms with Crippen LogP contribution in [0.5, 0.6) is 0 Å². The van der Waals surface area contributed by atoms with Crippen LogP contribution in [0, 0.1) is 5.82 Å². The van der Waals surface area contributed by atoms with Crippen molar-refractivity contribution in [3.8, 4) is 0 Å². The third-order valence-corrected chi connectivity index (χ3v) is 5.98. The molecule has 0 bridgehead atoms. The first-order valence-corrected chi connectivity index (χ1v) is 11.5. The number of nitrogens with one attached hydrogen (secondary N) is 2. The number of guanidine groups is 1. The number of benzene rings is 1. The predicted octanol–water partition coefficient (Wildman–Crippen LogP) is 2.98. The molecule has 2 aliphatic rings. The number of likely N-dealkylation sites (tertiary alicyclic amines) is 1. The molecule has 2 fully saturated rings. The molecule has 1 unspecified atom stereocenters. The number of halogens is 1. The zero-order valence-corrected chi connectivity index (χ0v) is 18.6. The molecule has 2 aliphatic heterocycles. The first-order valence-electron chi connectivity index (χ1n) is 11.5. The summed E-state index contributed by atoms with van der Waals surface area (Å²) < 4.78 is 20.0. The van der Waals surface area contributed by atoms with Crippen molar-refractivity contribution in [1.29, 1.82) is 0 Å². The van der Waals surface area contributed by atoms with Crippen molar-refractivity contribution in [3.05, 3.63) is 29.6 Å². The van der Waals surface area contributed by atoms with Crippen molar-refractivity contribution in [2.75, 3.05) is 57.4 Å². The average molecular weight is 420 g/mol. The maximum Gasteiger partial charge on any atom is 0.191 e. The van der Waals surface area contributed by atoms with Gasteiger partial charge in [-0.15, -0.1) is 0 Å². The van der Waals surface area contributed by atoms with Crippen LogP contribution in [0.2, 0.25) is 0 Å². The van der Waals surface area contributed by atoms with Gasteiger partial charge in [0.15, 0.2) is 5.96 Å². The number of rotatable bonds is 8. The molecule has 3 rings (SSSR count). The van der Waals surface area contributed by atoms with Gasteiger partial charge in [-0.1, -0.05) is 12.5 Å². The van der Waals surface area contributed by atoms with Crippen molar-refractivity contribution >= 4 is 11.6 Å². The smallest absolute Gasteiger partial charge is 0.191 e. The molecule has 168 valence electrons. The number of hydrogen-bond acceptors (Lipinski definition) is 4. The van der Waals surface area contributed by atoms with E-state index in [9.17, 15) is 4.39 Å². The largest absolute Gasteiger partial charge is 0.378 e. The Morgan fingerprint density at radius 1 is 1.20 bits per heavy atom. The molecule has 1 aromatic rings. The zero-order chi connectivity index (χ0) is 21.2. The summed E-state index contributed by atoms with van der Waals surface area (Å²) in [7, 11) is 0. The Labute approximate surface area is 180 Å². The highest BCUT2D eigenvalue weighted by Crippen LogP contribution is 2.22. The van der Waals surface area contributed by atoms with Gasteiger partial charge in [-0.25, -0.2) is 9.38 Å². The molecule has 30 heavy (non-hydrogen) atoms. The van der Waals surface area contributed by atoms with Gasteiger partial charge in [0, 0.05) is 38.8 Å². The van der Waals surface area contributed by atoms with Crippen molar-refractivity contribution in [2.24, 2.45) is 4.99 Å². The van der Waals surface area contributed by atoms with E-state index in [1.54, 1.807) is 6.07 Å². The van der Waals surface area contributed by atoms with E-state index in [0.717, 1.165) is 50.7 Å². The molecule has 0 saturated carbocycles. The highest BCUT2D eigenvalue weighted by molar-refractivity contribution is 5.79. The average Bonchev–Trinajstić information content (AvgIpc) is 2.76. The van der Waals surface area contributed by atoms with Crippen LogP contribution in [0.4, 0.5) is 10.1 Å². The molecule has 1 atom stereocenters. The first kappa shape index (κ1) is 22.8. The first-order chi connectivity index (χ1) is 14.7. The quantitative estimate of drug-likeness (QED) is 0.385. The lowest BCUT2D eigenvalue weighted by Gasteiger charge is -2.33. The fraction of sp³-hybridized carbons (Fsp3) is 0.696. The summed E-state index contributed by atoms with van der Waals surface area (Å²) in [5.74, 6) is 0.611. The minimum absolute atomic E-state index is 0.182. The van der Waals surface area contributed by atoms with E-state index >= 15 is 0 Å². The van der Waals surface area contributed by atoms with Crippen molar-refractivity contribution in [1.82, 2.24) is 15.5 Å². The van der Waals surface area contributed by atoms with Crippen molar-refractivity contribution < 1.29 is 9.13 Å². The van der Waals surface area contributed by atoms with Gasteiger partial charge in [-0.2, -0.15) is 0 Å². The second kappa shape index (κ2) is 12.1. The summed E-state index contributed by atoms with van der Waals surface area (Å²) >= 11 is 0. The molecule has 2 heterocycles. The van der Waals surface area contributed by atoms with Gasteiger partial charge in [0.1, 0.15) is 5.82 Å². The van der Waals surface area contributed by atoms with E-state index < -0.39 is 0 Å². The van der Waals surface area contributed by atoms with Gasteiger partial charge >= 0.3 is 0 Å². The number of anilines is 1. The molecule has 1 aromatic carbocycles. The normalized spacial score (nSPS) is 21.0. The van der Waals surface area contributed by atoms with E-state index in [1.807, 2.05) is 17.0 Å². The van der Waals surface area contributed by atoms with Crippen LogP contribution in [0.15, 0.2) is 23.2 Å². The SMILES string of the molecule is CCNC(=NCc1ccc(N2CCOCC2)c(F)c1)NCCCN1CCCCC1C. The molecule has 7 heteroatoms. The lowest BCUT2D eigenvalue weighted by molar-refractivity contribution is 0.122. The van der Waals surface area contributed by atoms with Crippen molar-refractivity contribution in [2.45, 2.75) is 52.1 Å². The van der Waals surface area contributed by atoms with E-state index in [2.05, 4.69) is 34.4 Å². The maximum absolute atomic E-state index is 14.6. The predicted molar refractivity (Wildman–Crippen MR) is 122 cm³/mol. The second-order valence-corrected chi connectivity index (χ2v) is 8.24. The minimum Gasteiger partial charge on any atom is -0.378 e. The highest BCUT2D eigenvalue weighted by Gasteiger charge is 2.17. The summed E-state index contributed by atoms with van der Waals surface area (Å²) in [5, 5.41) is 6.71. The Morgan fingerprint density at radius 3 is 2.77 bits per heavy atom. The van der Waals surface area contributed by atoms with Crippen LogP contribution in [-0.4, -0.2) is 69.4 Å². The molecule has 0 aromatic heterocycles. The second-order valence-electron chi connectivity index (χ2n) is 8.24. The molecule has 2 saturated heterocycles. The lowest BCUT2D eigenvalue weighted by Crippen LogP contribution is -2.41. The summed E-state index contributed by atoms with van der Waals surface area (Å²) in [6, 6.07) is 6.15. The highest BCUT2D eigenvalue weighted by atomic mass is 19.1. The number of hydrogen-bond donors (Lipinski definition) is 2. The topological polar surface area (TPSA) is 52.1 Å². The third kappa shape index (κ3) is 6.84. The summed E-state index contributed by atoms with van der Waals surface area (Å²) in [4.78, 5) is 9.28. The summed E-state index contributed by atoms with van der Waals surface area (Å²) in [5.41, 5.74) is 1.53. The maximum atomic E-state index is 14.6. The molecule has 6 nitrogen and oxygen atoms in total. The molecule has 2 N–H and O–H groups in total. The van der Waals surface area contributed by atoms with Gasteiger partial charge in [0.25, 0.3) is 0 Å². The summed E-state index contributed by atoms with van der Waals surface area (Å²) in [6.07, 6.45) is 5.10. The standard InChI is InChI=1S/C23H38FN5O/c1-3-25-23(26-10-6-12-28-11-5-4-7-19(28)2)27-18-20-8-9-22(21(24)17-20)29-13-15-30-16-14-29/h8-9,17,19H,3-7,10-16,18H2,1-2H3,(H2,25,26,27). The van der Waals surface area contributed by atoms with Crippen LogP contribution in [0.3, 0.4) is 0 Å². The van der Waals surface area contributed by atoms with Gasteiger partial charge in [0.05, 0.1) is 25.4 Å². The third-order valence-electron chi connectivity index (χ3n) is 5.98. The Morgan fingerprint density at radius 2 is 2.03 bits per heavy atom. The van der Waals surface area contributed by atoms with Crippen LogP contribution in [0.25, 0.3) is 0 Å². The van der Waals surface area contributed by atoms with E-state index in [1.165, 1.54) is 25.8 Å². The number of aliphatic imine (C=N–C) groups is 1. The van der Waals surface area contributed by atoms with E-state index in [4.69, 9.17) is 4.74 Å².